The number of benzene rings is 1. The number of rotatable bonds is 7. The van der Waals surface area contributed by atoms with Crippen molar-refractivity contribution in [2.45, 2.75) is 47.0 Å². The molecule has 0 saturated carbocycles. The van der Waals surface area contributed by atoms with E-state index in [1.54, 1.807) is 6.20 Å². The maximum absolute atomic E-state index is 4.54. The number of nitrogens with zero attached hydrogens (tertiary/aromatic N) is 2. The normalized spacial score (nSPS) is 10.5. The zero-order chi connectivity index (χ0) is 15.9. The third-order valence-electron chi connectivity index (χ3n) is 3.66. The minimum Gasteiger partial charge on any atom is -0.370 e. The highest BCUT2D eigenvalue weighted by molar-refractivity contribution is 5.64. The molecule has 0 aliphatic carbocycles. The summed E-state index contributed by atoms with van der Waals surface area (Å²) >= 11 is 0. The van der Waals surface area contributed by atoms with Crippen molar-refractivity contribution in [3.63, 3.8) is 0 Å². The van der Waals surface area contributed by atoms with Crippen molar-refractivity contribution < 1.29 is 0 Å². The second kappa shape index (κ2) is 7.78. The van der Waals surface area contributed by atoms with Crippen LogP contribution in [0.3, 0.4) is 0 Å². The lowest BCUT2D eigenvalue weighted by atomic mass is 10.1. The topological polar surface area (TPSA) is 49.8 Å². The van der Waals surface area contributed by atoms with Gasteiger partial charge in [0.15, 0.2) is 0 Å². The first kappa shape index (κ1) is 16.3. The van der Waals surface area contributed by atoms with E-state index in [1.807, 2.05) is 6.07 Å². The molecule has 1 aromatic carbocycles. The fourth-order valence-corrected chi connectivity index (χ4v) is 2.60. The van der Waals surface area contributed by atoms with Gasteiger partial charge in [-0.25, -0.2) is 4.98 Å². The van der Waals surface area contributed by atoms with Crippen LogP contribution in [0.5, 0.6) is 0 Å². The van der Waals surface area contributed by atoms with Crippen molar-refractivity contribution >= 4 is 17.5 Å². The van der Waals surface area contributed by atoms with Gasteiger partial charge in [0.05, 0.1) is 0 Å². The molecule has 0 saturated heterocycles. The number of hydrogen-bond donors (Lipinski definition) is 2. The summed E-state index contributed by atoms with van der Waals surface area (Å²) in [5.74, 6) is 1.51. The van der Waals surface area contributed by atoms with Crippen LogP contribution in [0.25, 0.3) is 0 Å². The Labute approximate surface area is 133 Å². The third-order valence-corrected chi connectivity index (χ3v) is 3.66. The second-order valence-corrected chi connectivity index (χ2v) is 5.80. The molecule has 0 fully saturated rings. The van der Waals surface area contributed by atoms with E-state index in [0.717, 1.165) is 18.1 Å². The molecule has 0 radical (unpaired) electrons. The van der Waals surface area contributed by atoms with E-state index in [2.05, 4.69) is 60.4 Å². The zero-order valence-corrected chi connectivity index (χ0v) is 14.0. The van der Waals surface area contributed by atoms with E-state index in [4.69, 9.17) is 0 Å². The minimum atomic E-state index is 0.635. The highest BCUT2D eigenvalue weighted by atomic mass is 15.1. The summed E-state index contributed by atoms with van der Waals surface area (Å²) in [5.41, 5.74) is 4.78. The van der Waals surface area contributed by atoms with Crippen molar-refractivity contribution in [1.29, 1.82) is 0 Å². The monoisotopic (exact) mass is 298 g/mol. The van der Waals surface area contributed by atoms with E-state index in [-0.39, 0.29) is 0 Å². The van der Waals surface area contributed by atoms with Crippen LogP contribution < -0.4 is 10.6 Å². The predicted octanol–water partition coefficient (Wildman–Crippen LogP) is 4.75. The summed E-state index contributed by atoms with van der Waals surface area (Å²) in [4.78, 5) is 8.86. The average Bonchev–Trinajstić information content (AvgIpc) is 2.48. The standard InChI is InChI=1S/C18H26N4/c1-5-6-7-9-19-16-8-10-20-18(21-16)22-17-14(3)11-13(2)12-15(17)4/h8,10-12H,5-7,9H2,1-4H3,(H2,19,20,21,22). The molecule has 0 bridgehead atoms. The zero-order valence-electron chi connectivity index (χ0n) is 14.0. The lowest BCUT2D eigenvalue weighted by molar-refractivity contribution is 0.742. The van der Waals surface area contributed by atoms with Gasteiger partial charge in [-0.05, 0) is 44.4 Å². The molecule has 0 aliphatic heterocycles. The third kappa shape index (κ3) is 4.45. The first-order chi connectivity index (χ1) is 10.6. The summed E-state index contributed by atoms with van der Waals surface area (Å²) in [7, 11) is 0. The van der Waals surface area contributed by atoms with Gasteiger partial charge >= 0.3 is 0 Å². The van der Waals surface area contributed by atoms with E-state index in [1.165, 1.54) is 36.0 Å². The molecular weight excluding hydrogens is 272 g/mol. The maximum atomic E-state index is 4.54. The van der Waals surface area contributed by atoms with E-state index < -0.39 is 0 Å². The van der Waals surface area contributed by atoms with Crippen molar-refractivity contribution in [3.05, 3.63) is 41.1 Å². The molecule has 0 amide bonds. The van der Waals surface area contributed by atoms with Gasteiger partial charge in [0.1, 0.15) is 5.82 Å². The number of anilines is 3. The fourth-order valence-electron chi connectivity index (χ4n) is 2.60. The number of nitrogens with one attached hydrogen (secondary N) is 2. The van der Waals surface area contributed by atoms with Gasteiger partial charge in [0, 0.05) is 18.4 Å². The Morgan fingerprint density at radius 1 is 1.05 bits per heavy atom. The summed E-state index contributed by atoms with van der Waals surface area (Å²) < 4.78 is 0. The molecule has 2 aromatic rings. The molecule has 1 heterocycles. The van der Waals surface area contributed by atoms with Gasteiger partial charge in [-0.3, -0.25) is 0 Å². The molecule has 0 spiro atoms. The van der Waals surface area contributed by atoms with Crippen LogP contribution in [0, 0.1) is 20.8 Å². The van der Waals surface area contributed by atoms with Crippen LogP contribution >= 0.6 is 0 Å². The summed E-state index contributed by atoms with van der Waals surface area (Å²) in [6.07, 6.45) is 5.42. The quantitative estimate of drug-likeness (QED) is 0.724. The van der Waals surface area contributed by atoms with Crippen LogP contribution in [0.15, 0.2) is 24.4 Å². The molecule has 4 nitrogen and oxygen atoms in total. The van der Waals surface area contributed by atoms with Gasteiger partial charge in [-0.15, -0.1) is 0 Å². The van der Waals surface area contributed by atoms with Gasteiger partial charge in [-0.2, -0.15) is 4.98 Å². The van der Waals surface area contributed by atoms with Gasteiger partial charge in [-0.1, -0.05) is 37.5 Å². The van der Waals surface area contributed by atoms with Crippen LogP contribution in [0.2, 0.25) is 0 Å². The smallest absolute Gasteiger partial charge is 0.229 e. The van der Waals surface area contributed by atoms with Crippen molar-refractivity contribution in [2.24, 2.45) is 0 Å². The summed E-state index contributed by atoms with van der Waals surface area (Å²) in [5, 5.41) is 6.70. The maximum Gasteiger partial charge on any atom is 0.229 e. The molecule has 118 valence electrons. The first-order valence-electron chi connectivity index (χ1n) is 8.02. The SMILES string of the molecule is CCCCCNc1ccnc(Nc2c(C)cc(C)cc2C)n1. The second-order valence-electron chi connectivity index (χ2n) is 5.80. The molecule has 0 aliphatic rings. The average molecular weight is 298 g/mol. The molecule has 1 aromatic heterocycles. The number of aromatic nitrogens is 2. The minimum absolute atomic E-state index is 0.635. The Bertz CT molecular complexity index is 599. The van der Waals surface area contributed by atoms with Gasteiger partial charge in [0.2, 0.25) is 5.95 Å². The molecule has 2 N–H and O–H groups in total. The Morgan fingerprint density at radius 2 is 1.77 bits per heavy atom. The Kier molecular flexibility index (Phi) is 5.75. The molecule has 0 unspecified atom stereocenters. The van der Waals surface area contributed by atoms with Crippen molar-refractivity contribution in [1.82, 2.24) is 9.97 Å². The van der Waals surface area contributed by atoms with Gasteiger partial charge < -0.3 is 10.6 Å². The molecule has 22 heavy (non-hydrogen) atoms. The van der Waals surface area contributed by atoms with Gasteiger partial charge in [0.25, 0.3) is 0 Å². The lowest BCUT2D eigenvalue weighted by Crippen LogP contribution is -2.06. The Morgan fingerprint density at radius 3 is 2.45 bits per heavy atom. The van der Waals surface area contributed by atoms with Crippen molar-refractivity contribution in [3.8, 4) is 0 Å². The van der Waals surface area contributed by atoms with E-state index in [9.17, 15) is 0 Å². The Balaban J connectivity index is 2.07. The number of unbranched alkanes of at least 4 members (excludes halogenated alkanes) is 2. The highest BCUT2D eigenvalue weighted by Crippen LogP contribution is 2.24. The first-order valence-corrected chi connectivity index (χ1v) is 8.02. The predicted molar refractivity (Wildman–Crippen MR) is 94.0 cm³/mol. The summed E-state index contributed by atoms with van der Waals surface area (Å²) in [6, 6.07) is 6.25. The van der Waals surface area contributed by atoms with Crippen molar-refractivity contribution in [2.75, 3.05) is 17.2 Å². The molecular formula is C18H26N4. The fraction of sp³-hybridized carbons (Fsp3) is 0.444. The van der Waals surface area contributed by atoms with Crippen LogP contribution in [-0.4, -0.2) is 16.5 Å². The highest BCUT2D eigenvalue weighted by Gasteiger charge is 2.06. The van der Waals surface area contributed by atoms with Crippen LogP contribution in [0.4, 0.5) is 17.5 Å². The summed E-state index contributed by atoms with van der Waals surface area (Å²) in [6.45, 7) is 9.48. The molecule has 0 atom stereocenters. The molecule has 2 rings (SSSR count). The van der Waals surface area contributed by atoms with Crippen LogP contribution in [0.1, 0.15) is 42.9 Å². The molecule has 4 heteroatoms. The Hall–Kier alpha value is -2.10. The van der Waals surface area contributed by atoms with E-state index in [0.29, 0.717) is 5.95 Å². The largest absolute Gasteiger partial charge is 0.370 e. The number of aryl methyl sites for hydroxylation is 3. The lowest BCUT2D eigenvalue weighted by Gasteiger charge is -2.13. The number of hydrogen-bond acceptors (Lipinski definition) is 4. The van der Waals surface area contributed by atoms with E-state index >= 15 is 0 Å². The van der Waals surface area contributed by atoms with Crippen LogP contribution in [-0.2, 0) is 0 Å².